The van der Waals surface area contributed by atoms with E-state index in [2.05, 4.69) is 31.4 Å². The van der Waals surface area contributed by atoms with Gasteiger partial charge in [-0.2, -0.15) is 0 Å². The van der Waals surface area contributed by atoms with Crippen molar-refractivity contribution in [1.29, 1.82) is 0 Å². The summed E-state index contributed by atoms with van der Waals surface area (Å²) in [6.07, 6.45) is 3.03. The second kappa shape index (κ2) is 5.98. The number of benzene rings is 1. The smallest absolute Gasteiger partial charge is 0.149 e. The molecule has 1 nitrogen and oxygen atoms in total. The van der Waals surface area contributed by atoms with E-state index in [-0.39, 0.29) is 0 Å². The largest absolute Gasteiger partial charge is 0.374 e. The molecule has 0 aliphatic carbocycles. The molecule has 1 rings (SSSR count). The van der Waals surface area contributed by atoms with Crippen LogP contribution < -0.4 is 0 Å². The minimum absolute atomic E-state index is 0.766. The van der Waals surface area contributed by atoms with Gasteiger partial charge >= 0.3 is 0 Å². The van der Waals surface area contributed by atoms with Crippen molar-refractivity contribution in [1.82, 2.24) is 0 Å². The fourth-order valence-electron chi connectivity index (χ4n) is 1.45. The lowest BCUT2D eigenvalue weighted by molar-refractivity contribution is 0.119. The van der Waals surface area contributed by atoms with Gasteiger partial charge in [0.2, 0.25) is 0 Å². The molecular formula is C14H18OS. The van der Waals surface area contributed by atoms with Gasteiger partial charge < -0.3 is 5.11 Å². The van der Waals surface area contributed by atoms with E-state index in [0.29, 0.717) is 0 Å². The van der Waals surface area contributed by atoms with Gasteiger partial charge in [-0.15, -0.1) is 12.6 Å². The van der Waals surface area contributed by atoms with Crippen molar-refractivity contribution >= 4 is 12.6 Å². The fraction of sp³-hybridized carbons (Fsp3) is 0.429. The lowest BCUT2D eigenvalue weighted by atomic mass is 9.96. The Balaban J connectivity index is 2.84. The maximum Gasteiger partial charge on any atom is 0.149 e. The summed E-state index contributed by atoms with van der Waals surface area (Å²) in [4.78, 5) is 0.775. The lowest BCUT2D eigenvalue weighted by Gasteiger charge is -2.18. The van der Waals surface area contributed by atoms with E-state index in [4.69, 9.17) is 0 Å². The van der Waals surface area contributed by atoms with E-state index in [1.165, 1.54) is 0 Å². The van der Waals surface area contributed by atoms with Crippen LogP contribution in [0.15, 0.2) is 29.2 Å². The van der Waals surface area contributed by atoms with E-state index in [0.717, 1.165) is 29.7 Å². The number of aliphatic hydroxyl groups is 1. The molecule has 0 saturated heterocycles. The van der Waals surface area contributed by atoms with E-state index < -0.39 is 5.60 Å². The zero-order valence-electron chi connectivity index (χ0n) is 9.83. The van der Waals surface area contributed by atoms with E-state index >= 15 is 0 Å². The molecule has 1 aromatic carbocycles. The Morgan fingerprint density at radius 2 is 2.06 bits per heavy atom. The molecule has 0 aliphatic heterocycles. The first-order valence-electron chi connectivity index (χ1n) is 5.59. The third kappa shape index (κ3) is 3.59. The number of hydrogen-bond donors (Lipinski definition) is 2. The van der Waals surface area contributed by atoms with Crippen LogP contribution in [0.5, 0.6) is 0 Å². The monoisotopic (exact) mass is 234 g/mol. The number of rotatable bonds is 3. The summed E-state index contributed by atoms with van der Waals surface area (Å²) in [5, 5.41) is 10.2. The molecule has 0 spiro atoms. The predicted octanol–water partition coefficient (Wildman–Crippen LogP) is 3.38. The van der Waals surface area contributed by atoms with Gasteiger partial charge in [-0.1, -0.05) is 43.4 Å². The van der Waals surface area contributed by atoms with Crippen LogP contribution in [0.1, 0.15) is 38.7 Å². The van der Waals surface area contributed by atoms with Gasteiger partial charge in [0.1, 0.15) is 5.60 Å². The minimum atomic E-state index is -1.11. The van der Waals surface area contributed by atoms with Gasteiger partial charge in [-0.3, -0.25) is 0 Å². The van der Waals surface area contributed by atoms with Crippen molar-refractivity contribution < 1.29 is 5.11 Å². The molecule has 2 heteroatoms. The Hall–Kier alpha value is -0.910. The summed E-state index contributed by atoms with van der Waals surface area (Å²) >= 11 is 4.33. The highest BCUT2D eigenvalue weighted by Crippen LogP contribution is 2.25. The van der Waals surface area contributed by atoms with Crippen molar-refractivity contribution in [3.05, 3.63) is 29.8 Å². The molecule has 0 amide bonds. The molecule has 0 radical (unpaired) electrons. The number of thiol groups is 1. The maximum atomic E-state index is 10.2. The molecule has 0 fully saturated rings. The van der Waals surface area contributed by atoms with Gasteiger partial charge in [0.15, 0.2) is 0 Å². The van der Waals surface area contributed by atoms with Crippen LogP contribution in [0.3, 0.4) is 0 Å². The van der Waals surface area contributed by atoms with Crippen molar-refractivity contribution in [2.45, 2.75) is 43.6 Å². The number of hydrogen-bond acceptors (Lipinski definition) is 2. The Bertz CT molecular complexity index is 399. The van der Waals surface area contributed by atoms with Crippen molar-refractivity contribution in [2.75, 3.05) is 0 Å². The fourth-order valence-corrected chi connectivity index (χ4v) is 1.83. The van der Waals surface area contributed by atoms with E-state index in [1.807, 2.05) is 24.3 Å². The molecule has 1 N–H and O–H groups in total. The third-order valence-corrected chi connectivity index (χ3v) is 2.81. The zero-order valence-corrected chi connectivity index (χ0v) is 10.7. The standard InChI is InChI=1S/C14H18OS/c1-3-4-5-8-11-14(2,15)12-9-6-7-10-13(12)16/h6-7,9-10,15-16H,3-5H2,1-2H3. The van der Waals surface area contributed by atoms with Crippen LogP contribution in [0.4, 0.5) is 0 Å². The molecule has 0 aromatic heterocycles. The summed E-state index contributed by atoms with van der Waals surface area (Å²) in [6, 6.07) is 7.50. The Kier molecular flexibility index (Phi) is 4.92. The highest BCUT2D eigenvalue weighted by atomic mass is 32.1. The van der Waals surface area contributed by atoms with Crippen LogP contribution >= 0.6 is 12.6 Å². The first-order valence-corrected chi connectivity index (χ1v) is 6.03. The van der Waals surface area contributed by atoms with Crippen LogP contribution in [-0.4, -0.2) is 5.11 Å². The highest BCUT2D eigenvalue weighted by Gasteiger charge is 2.21. The third-order valence-electron chi connectivity index (χ3n) is 2.42. The Morgan fingerprint density at radius 1 is 1.38 bits per heavy atom. The van der Waals surface area contributed by atoms with Crippen LogP contribution in [0.25, 0.3) is 0 Å². The Morgan fingerprint density at radius 3 is 2.69 bits per heavy atom. The topological polar surface area (TPSA) is 20.2 Å². The normalized spacial score (nSPS) is 13.8. The second-order valence-corrected chi connectivity index (χ2v) is 4.48. The van der Waals surface area contributed by atoms with Crippen molar-refractivity contribution in [2.24, 2.45) is 0 Å². The average molecular weight is 234 g/mol. The molecular weight excluding hydrogens is 216 g/mol. The highest BCUT2D eigenvalue weighted by molar-refractivity contribution is 7.80. The maximum absolute atomic E-state index is 10.2. The summed E-state index contributed by atoms with van der Waals surface area (Å²) in [5.74, 6) is 5.93. The van der Waals surface area contributed by atoms with Crippen LogP contribution in [0.2, 0.25) is 0 Å². The van der Waals surface area contributed by atoms with Gasteiger partial charge in [0, 0.05) is 16.9 Å². The quantitative estimate of drug-likeness (QED) is 0.467. The number of unbranched alkanes of at least 4 members (excludes halogenated alkanes) is 2. The lowest BCUT2D eigenvalue weighted by Crippen LogP contribution is -2.19. The van der Waals surface area contributed by atoms with Crippen LogP contribution in [-0.2, 0) is 5.60 Å². The molecule has 0 aliphatic rings. The molecule has 0 heterocycles. The van der Waals surface area contributed by atoms with Crippen LogP contribution in [0, 0.1) is 11.8 Å². The summed E-state index contributed by atoms with van der Waals surface area (Å²) in [7, 11) is 0. The minimum Gasteiger partial charge on any atom is -0.374 e. The molecule has 16 heavy (non-hydrogen) atoms. The van der Waals surface area contributed by atoms with Gasteiger partial charge in [-0.25, -0.2) is 0 Å². The van der Waals surface area contributed by atoms with E-state index in [1.54, 1.807) is 6.92 Å². The zero-order chi connectivity index (χ0) is 12.0. The first-order chi connectivity index (χ1) is 7.58. The first kappa shape index (κ1) is 13.2. The summed E-state index contributed by atoms with van der Waals surface area (Å²) in [6.45, 7) is 3.84. The molecule has 86 valence electrons. The van der Waals surface area contributed by atoms with Crippen molar-refractivity contribution in [3.63, 3.8) is 0 Å². The SMILES string of the molecule is CCCCC#CC(C)(O)c1ccccc1S. The predicted molar refractivity (Wildman–Crippen MR) is 70.6 cm³/mol. The molecule has 0 bridgehead atoms. The summed E-state index contributed by atoms with van der Waals surface area (Å²) < 4.78 is 0. The summed E-state index contributed by atoms with van der Waals surface area (Å²) in [5.41, 5.74) is -0.339. The molecule has 1 aromatic rings. The van der Waals surface area contributed by atoms with Crippen molar-refractivity contribution in [3.8, 4) is 11.8 Å². The average Bonchev–Trinajstić information content (AvgIpc) is 2.25. The molecule has 1 unspecified atom stereocenters. The molecule has 0 saturated carbocycles. The Labute approximate surface area is 103 Å². The molecule has 1 atom stereocenters. The van der Waals surface area contributed by atoms with Gasteiger partial charge in [0.05, 0.1) is 0 Å². The van der Waals surface area contributed by atoms with Gasteiger partial charge in [-0.05, 0) is 19.4 Å². The van der Waals surface area contributed by atoms with E-state index in [9.17, 15) is 5.11 Å². The second-order valence-electron chi connectivity index (χ2n) is 3.99. The van der Waals surface area contributed by atoms with Gasteiger partial charge in [0.25, 0.3) is 0 Å².